The van der Waals surface area contributed by atoms with Gasteiger partial charge in [-0.3, -0.25) is 4.98 Å². The van der Waals surface area contributed by atoms with E-state index in [1.54, 1.807) is 36.5 Å². The highest BCUT2D eigenvalue weighted by atomic mass is 32.2. The van der Waals surface area contributed by atoms with Gasteiger partial charge in [-0.15, -0.1) is 0 Å². The first-order chi connectivity index (χ1) is 14.4. The number of rotatable bonds is 8. The lowest BCUT2D eigenvalue weighted by molar-refractivity contribution is 0.327. The summed E-state index contributed by atoms with van der Waals surface area (Å²) in [4.78, 5) is 8.08. The van der Waals surface area contributed by atoms with Gasteiger partial charge in [-0.25, -0.2) is 10.4 Å². The fourth-order valence-electron chi connectivity index (χ4n) is 2.77. The van der Waals surface area contributed by atoms with Crippen molar-refractivity contribution in [3.05, 3.63) is 60.4 Å². The van der Waals surface area contributed by atoms with Crippen LogP contribution in [0.2, 0.25) is 0 Å². The number of nitrogens with two attached hydrogens (primary N) is 1. The summed E-state index contributed by atoms with van der Waals surface area (Å²) in [6.07, 6.45) is 3.14. The van der Waals surface area contributed by atoms with E-state index < -0.39 is 10.1 Å². The lowest BCUT2D eigenvalue weighted by Gasteiger charge is -2.12. The van der Waals surface area contributed by atoms with E-state index in [1.807, 2.05) is 6.92 Å². The Morgan fingerprint density at radius 3 is 2.83 bits per heavy atom. The molecular weight excluding hydrogens is 406 g/mol. The molecule has 0 atom stereocenters. The van der Waals surface area contributed by atoms with E-state index in [1.165, 1.54) is 18.3 Å². The minimum Gasteiger partial charge on any atom is -0.492 e. The van der Waals surface area contributed by atoms with Gasteiger partial charge in [-0.05, 0) is 36.8 Å². The van der Waals surface area contributed by atoms with Crippen LogP contribution in [0.4, 0.5) is 0 Å². The number of nitrogens with zero attached hydrogens (tertiary/aromatic N) is 3. The zero-order chi connectivity index (χ0) is 21.6. The average molecular weight is 427 g/mol. The molecule has 3 aromatic rings. The summed E-state index contributed by atoms with van der Waals surface area (Å²) in [6.45, 7) is 5.56. The molecule has 0 saturated heterocycles. The fourth-order valence-corrected chi connectivity index (χ4v) is 3.91. The van der Waals surface area contributed by atoms with Crippen molar-refractivity contribution < 1.29 is 17.3 Å². The molecule has 0 aliphatic carbocycles. The van der Waals surface area contributed by atoms with Crippen LogP contribution in [0.25, 0.3) is 10.8 Å². The summed E-state index contributed by atoms with van der Waals surface area (Å²) < 4.78 is 36.8. The SMILES string of the molecule is C=NNC(N)=NCCOc1cc(C)cc(OS(=O)(=O)c2cccc3cnccc23)c1. The zero-order valence-corrected chi connectivity index (χ0v) is 17.1. The number of benzene rings is 2. The number of aliphatic imine (C=N–C) groups is 1. The van der Waals surface area contributed by atoms with Gasteiger partial charge in [0.1, 0.15) is 23.0 Å². The second-order valence-corrected chi connectivity index (χ2v) is 7.77. The highest BCUT2D eigenvalue weighted by Crippen LogP contribution is 2.28. The molecule has 1 heterocycles. The van der Waals surface area contributed by atoms with Crippen LogP contribution >= 0.6 is 0 Å². The summed E-state index contributed by atoms with van der Waals surface area (Å²) in [5.74, 6) is 0.723. The standard InChI is InChI=1S/C20H21N5O4S/c1-14-10-16(28-9-8-24-20(21)25-22-2)12-17(11-14)29-30(26,27)19-5-3-4-15-13-23-7-6-18(15)19/h3-7,10-13H,2,8-9H2,1H3,(H3,21,24,25). The zero-order valence-electron chi connectivity index (χ0n) is 16.3. The second-order valence-electron chi connectivity index (χ2n) is 6.26. The Bertz CT molecular complexity index is 1190. The maximum atomic E-state index is 12.9. The third-order valence-corrected chi connectivity index (χ3v) is 5.28. The van der Waals surface area contributed by atoms with Crippen molar-refractivity contribution in [1.29, 1.82) is 0 Å². The normalized spacial score (nSPS) is 11.8. The molecule has 0 aliphatic heterocycles. The molecule has 3 rings (SSSR count). The van der Waals surface area contributed by atoms with Crippen molar-refractivity contribution in [2.45, 2.75) is 11.8 Å². The Labute approximate surface area is 174 Å². The van der Waals surface area contributed by atoms with E-state index in [0.717, 1.165) is 5.56 Å². The van der Waals surface area contributed by atoms with Gasteiger partial charge in [0.15, 0.2) is 0 Å². The van der Waals surface area contributed by atoms with Crippen LogP contribution in [0.3, 0.4) is 0 Å². The fraction of sp³-hybridized carbons (Fsp3) is 0.150. The van der Waals surface area contributed by atoms with Crippen LogP contribution in [0.1, 0.15) is 5.56 Å². The van der Waals surface area contributed by atoms with Gasteiger partial charge in [-0.1, -0.05) is 12.1 Å². The quantitative estimate of drug-likeness (QED) is 0.185. The molecule has 1 aromatic heterocycles. The van der Waals surface area contributed by atoms with Crippen LogP contribution in [0.5, 0.6) is 11.5 Å². The predicted molar refractivity (Wildman–Crippen MR) is 115 cm³/mol. The van der Waals surface area contributed by atoms with Crippen LogP contribution in [0, 0.1) is 6.92 Å². The molecule has 0 aliphatic rings. The average Bonchev–Trinajstić information content (AvgIpc) is 2.70. The maximum Gasteiger partial charge on any atom is 0.339 e. The van der Waals surface area contributed by atoms with Gasteiger partial charge >= 0.3 is 10.1 Å². The van der Waals surface area contributed by atoms with Crippen molar-refractivity contribution in [3.8, 4) is 11.5 Å². The minimum atomic E-state index is -4.06. The maximum absolute atomic E-state index is 12.9. The number of fused-ring (bicyclic) bond motifs is 1. The molecule has 10 heteroatoms. The van der Waals surface area contributed by atoms with E-state index in [0.29, 0.717) is 16.5 Å². The predicted octanol–water partition coefficient (Wildman–Crippen LogP) is 2.21. The van der Waals surface area contributed by atoms with Gasteiger partial charge in [0.05, 0.1) is 6.54 Å². The first kappa shape index (κ1) is 21.1. The number of ether oxygens (including phenoxy) is 1. The number of aromatic nitrogens is 1. The number of hydrogen-bond donors (Lipinski definition) is 2. The molecule has 0 amide bonds. The lowest BCUT2D eigenvalue weighted by Crippen LogP contribution is -2.27. The van der Waals surface area contributed by atoms with Gasteiger partial charge < -0.3 is 14.7 Å². The van der Waals surface area contributed by atoms with Gasteiger partial charge in [-0.2, -0.15) is 13.5 Å². The third kappa shape index (κ3) is 5.23. The molecule has 0 radical (unpaired) electrons. The second kappa shape index (κ2) is 9.23. The molecule has 0 unspecified atom stereocenters. The van der Waals surface area contributed by atoms with Gasteiger partial charge in [0.2, 0.25) is 5.96 Å². The van der Waals surface area contributed by atoms with E-state index in [-0.39, 0.29) is 29.8 Å². The molecule has 156 valence electrons. The Balaban J connectivity index is 1.77. The molecular formula is C20H21N5O4S. The molecule has 0 saturated carbocycles. The summed E-state index contributed by atoms with van der Waals surface area (Å²) in [7, 11) is -4.06. The Morgan fingerprint density at radius 1 is 1.23 bits per heavy atom. The summed E-state index contributed by atoms with van der Waals surface area (Å²) in [6, 6.07) is 11.5. The molecule has 0 fully saturated rings. The Hall–Kier alpha value is -3.66. The molecule has 3 N–H and O–H groups in total. The largest absolute Gasteiger partial charge is 0.492 e. The summed E-state index contributed by atoms with van der Waals surface area (Å²) in [5.41, 5.74) is 8.72. The van der Waals surface area contributed by atoms with Crippen LogP contribution in [-0.2, 0) is 10.1 Å². The van der Waals surface area contributed by atoms with Crippen LogP contribution in [0.15, 0.2) is 69.8 Å². The van der Waals surface area contributed by atoms with E-state index in [2.05, 4.69) is 27.2 Å². The molecule has 2 aromatic carbocycles. The number of guanidine groups is 1. The molecule has 30 heavy (non-hydrogen) atoms. The first-order valence-electron chi connectivity index (χ1n) is 8.92. The van der Waals surface area contributed by atoms with Crippen LogP contribution in [-0.4, -0.2) is 39.2 Å². The molecule has 0 spiro atoms. The topological polar surface area (TPSA) is 128 Å². The minimum absolute atomic E-state index is 0.0690. The number of hydrazone groups is 1. The van der Waals surface area contributed by atoms with E-state index >= 15 is 0 Å². The van der Waals surface area contributed by atoms with Crippen molar-refractivity contribution >= 4 is 33.6 Å². The highest BCUT2D eigenvalue weighted by Gasteiger charge is 2.20. The van der Waals surface area contributed by atoms with Crippen molar-refractivity contribution in [1.82, 2.24) is 10.4 Å². The number of pyridine rings is 1. The van der Waals surface area contributed by atoms with E-state index in [4.69, 9.17) is 14.7 Å². The molecule has 9 nitrogen and oxygen atoms in total. The first-order valence-corrected chi connectivity index (χ1v) is 10.3. The van der Waals surface area contributed by atoms with E-state index in [9.17, 15) is 8.42 Å². The Morgan fingerprint density at radius 2 is 2.03 bits per heavy atom. The van der Waals surface area contributed by atoms with Crippen molar-refractivity contribution in [2.24, 2.45) is 15.8 Å². The van der Waals surface area contributed by atoms with Gasteiger partial charge in [0, 0.05) is 36.0 Å². The summed E-state index contributed by atoms with van der Waals surface area (Å²) in [5, 5.41) is 4.64. The van der Waals surface area contributed by atoms with Crippen molar-refractivity contribution in [3.63, 3.8) is 0 Å². The van der Waals surface area contributed by atoms with Crippen LogP contribution < -0.4 is 20.1 Å². The van der Waals surface area contributed by atoms with Crippen molar-refractivity contribution in [2.75, 3.05) is 13.2 Å². The number of aryl methyl sites for hydroxylation is 1. The van der Waals surface area contributed by atoms with Gasteiger partial charge in [0.25, 0.3) is 0 Å². The smallest absolute Gasteiger partial charge is 0.339 e. The molecule has 0 bridgehead atoms. The number of nitrogens with one attached hydrogen (secondary N) is 1. The lowest BCUT2D eigenvalue weighted by atomic mass is 10.2. The number of hydrogen-bond acceptors (Lipinski definition) is 7. The monoisotopic (exact) mass is 427 g/mol. The summed E-state index contributed by atoms with van der Waals surface area (Å²) >= 11 is 0. The Kier molecular flexibility index (Phi) is 6.48. The third-order valence-electron chi connectivity index (χ3n) is 3.98. The highest BCUT2D eigenvalue weighted by molar-refractivity contribution is 7.87.